The summed E-state index contributed by atoms with van der Waals surface area (Å²) in [5, 5.41) is 11.5. The van der Waals surface area contributed by atoms with Gasteiger partial charge in [0.1, 0.15) is 0 Å². The van der Waals surface area contributed by atoms with Crippen LogP contribution >= 0.6 is 0 Å². The lowest BCUT2D eigenvalue weighted by atomic mass is 10.3. The smallest absolute Gasteiger partial charge is 0.303 e. The van der Waals surface area contributed by atoms with E-state index in [4.69, 9.17) is 5.11 Å². The summed E-state index contributed by atoms with van der Waals surface area (Å²) in [5.41, 5.74) is 0.768. The predicted octanol–water partition coefficient (Wildman–Crippen LogP) is 1.65. The highest BCUT2D eigenvalue weighted by molar-refractivity contribution is 7.89. The highest BCUT2D eigenvalue weighted by atomic mass is 32.2. The molecule has 0 heterocycles. The SMILES string of the molecule is CCCNS(=O)(=O)c1ccc(NCCCC(=O)O)cc1. The second kappa shape index (κ2) is 7.86. The fourth-order valence-corrected chi connectivity index (χ4v) is 2.68. The topological polar surface area (TPSA) is 95.5 Å². The van der Waals surface area contributed by atoms with Crippen LogP contribution in [0.1, 0.15) is 26.2 Å². The van der Waals surface area contributed by atoms with Gasteiger partial charge >= 0.3 is 5.97 Å². The maximum atomic E-state index is 11.8. The normalized spacial score (nSPS) is 11.2. The Hall–Kier alpha value is -1.60. The summed E-state index contributed by atoms with van der Waals surface area (Å²) in [6.45, 7) is 2.84. The number of carboxylic acids is 1. The van der Waals surface area contributed by atoms with Gasteiger partial charge in [-0.2, -0.15) is 0 Å². The number of benzene rings is 1. The van der Waals surface area contributed by atoms with E-state index in [0.717, 1.165) is 12.1 Å². The van der Waals surface area contributed by atoms with Crippen molar-refractivity contribution in [3.8, 4) is 0 Å². The average molecular weight is 300 g/mol. The minimum absolute atomic E-state index is 0.112. The number of nitrogens with one attached hydrogen (secondary N) is 2. The molecule has 0 aliphatic rings. The number of hydrogen-bond donors (Lipinski definition) is 3. The van der Waals surface area contributed by atoms with E-state index in [2.05, 4.69) is 10.0 Å². The van der Waals surface area contributed by atoms with E-state index in [1.54, 1.807) is 12.1 Å². The molecule has 1 aromatic carbocycles. The lowest BCUT2D eigenvalue weighted by Gasteiger charge is -2.08. The Morgan fingerprint density at radius 1 is 1.20 bits per heavy atom. The minimum Gasteiger partial charge on any atom is -0.481 e. The highest BCUT2D eigenvalue weighted by Gasteiger charge is 2.12. The molecule has 0 bridgehead atoms. The number of hydrogen-bond acceptors (Lipinski definition) is 4. The second-order valence-corrected chi connectivity index (χ2v) is 6.11. The van der Waals surface area contributed by atoms with Crippen LogP contribution in [0.5, 0.6) is 0 Å². The molecule has 112 valence electrons. The molecule has 0 atom stereocenters. The Kier molecular flexibility index (Phi) is 6.47. The van der Waals surface area contributed by atoms with Crippen LogP contribution in [-0.2, 0) is 14.8 Å². The standard InChI is InChI=1S/C13H20N2O4S/c1-2-9-15-20(18,19)12-7-5-11(6-8-12)14-10-3-4-13(16)17/h5-8,14-15H,2-4,9-10H2,1H3,(H,16,17). The Balaban J connectivity index is 2.53. The molecule has 0 saturated heterocycles. The summed E-state index contributed by atoms with van der Waals surface area (Å²) in [4.78, 5) is 10.6. The molecule has 0 fully saturated rings. The molecule has 1 aromatic rings. The quantitative estimate of drug-likeness (QED) is 0.603. The maximum absolute atomic E-state index is 11.8. The van der Waals surface area contributed by atoms with Crippen molar-refractivity contribution >= 4 is 21.7 Å². The van der Waals surface area contributed by atoms with Crippen molar-refractivity contribution in [2.45, 2.75) is 31.1 Å². The number of anilines is 1. The van der Waals surface area contributed by atoms with Gasteiger partial charge < -0.3 is 10.4 Å². The highest BCUT2D eigenvalue weighted by Crippen LogP contribution is 2.14. The molecule has 0 amide bonds. The molecule has 7 heteroatoms. The van der Waals surface area contributed by atoms with E-state index in [9.17, 15) is 13.2 Å². The monoisotopic (exact) mass is 300 g/mol. The molecule has 3 N–H and O–H groups in total. The van der Waals surface area contributed by atoms with Crippen molar-refractivity contribution in [3.63, 3.8) is 0 Å². The first-order valence-electron chi connectivity index (χ1n) is 6.51. The molecule has 0 radical (unpaired) electrons. The molecule has 6 nitrogen and oxygen atoms in total. The largest absolute Gasteiger partial charge is 0.481 e. The van der Waals surface area contributed by atoms with Crippen molar-refractivity contribution < 1.29 is 18.3 Å². The molecular weight excluding hydrogens is 280 g/mol. The van der Waals surface area contributed by atoms with Gasteiger partial charge in [-0.05, 0) is 37.1 Å². The summed E-state index contributed by atoms with van der Waals surface area (Å²) >= 11 is 0. The van der Waals surface area contributed by atoms with Crippen LogP contribution in [0.3, 0.4) is 0 Å². The van der Waals surface area contributed by atoms with Crippen molar-refractivity contribution in [1.82, 2.24) is 4.72 Å². The zero-order chi connectivity index (χ0) is 15.0. The summed E-state index contributed by atoms with van der Waals surface area (Å²) in [7, 11) is -3.43. The Morgan fingerprint density at radius 2 is 1.85 bits per heavy atom. The molecule has 1 rings (SSSR count). The summed E-state index contributed by atoms with van der Waals surface area (Å²) in [5.74, 6) is -0.824. The molecule has 20 heavy (non-hydrogen) atoms. The third-order valence-corrected chi connectivity index (χ3v) is 4.08. The molecule has 0 aliphatic carbocycles. The van der Waals surface area contributed by atoms with Crippen molar-refractivity contribution in [3.05, 3.63) is 24.3 Å². The molecule has 0 unspecified atom stereocenters. The maximum Gasteiger partial charge on any atom is 0.303 e. The van der Waals surface area contributed by atoms with Gasteiger partial charge in [0.2, 0.25) is 10.0 Å². The Bertz CT molecular complexity index is 526. The van der Waals surface area contributed by atoms with Gasteiger partial charge in [-0.1, -0.05) is 6.92 Å². The van der Waals surface area contributed by atoms with Gasteiger partial charge in [0.15, 0.2) is 0 Å². The second-order valence-electron chi connectivity index (χ2n) is 4.35. The van der Waals surface area contributed by atoms with E-state index in [-0.39, 0.29) is 11.3 Å². The first kappa shape index (κ1) is 16.5. The third-order valence-electron chi connectivity index (χ3n) is 2.60. The summed E-state index contributed by atoms with van der Waals surface area (Å²) in [6.07, 6.45) is 1.37. The molecule has 0 spiro atoms. The fourth-order valence-electron chi connectivity index (χ4n) is 1.54. The number of sulfonamides is 1. The van der Waals surface area contributed by atoms with Crippen LogP contribution in [-0.4, -0.2) is 32.6 Å². The summed E-state index contributed by atoms with van der Waals surface area (Å²) < 4.78 is 26.2. The van der Waals surface area contributed by atoms with Gasteiger partial charge in [0, 0.05) is 25.2 Å². The average Bonchev–Trinajstić information content (AvgIpc) is 2.42. The summed E-state index contributed by atoms with van der Waals surface area (Å²) in [6, 6.07) is 6.39. The predicted molar refractivity (Wildman–Crippen MR) is 77.3 cm³/mol. The lowest BCUT2D eigenvalue weighted by Crippen LogP contribution is -2.24. The Morgan fingerprint density at radius 3 is 2.40 bits per heavy atom. The minimum atomic E-state index is -3.43. The van der Waals surface area contributed by atoms with Crippen LogP contribution in [0.2, 0.25) is 0 Å². The fraction of sp³-hybridized carbons (Fsp3) is 0.462. The zero-order valence-electron chi connectivity index (χ0n) is 11.4. The van der Waals surface area contributed by atoms with Crippen LogP contribution < -0.4 is 10.0 Å². The van der Waals surface area contributed by atoms with Gasteiger partial charge in [-0.3, -0.25) is 4.79 Å². The number of rotatable bonds is 9. The van der Waals surface area contributed by atoms with Gasteiger partial charge in [-0.15, -0.1) is 0 Å². The van der Waals surface area contributed by atoms with E-state index in [1.165, 1.54) is 12.1 Å². The van der Waals surface area contributed by atoms with Crippen LogP contribution in [0.15, 0.2) is 29.2 Å². The van der Waals surface area contributed by atoms with E-state index >= 15 is 0 Å². The van der Waals surface area contributed by atoms with Crippen LogP contribution in [0, 0.1) is 0 Å². The van der Waals surface area contributed by atoms with Gasteiger partial charge in [0.25, 0.3) is 0 Å². The van der Waals surface area contributed by atoms with E-state index in [1.807, 2.05) is 6.92 Å². The molecular formula is C13H20N2O4S. The molecule has 0 saturated carbocycles. The lowest BCUT2D eigenvalue weighted by molar-refractivity contribution is -0.137. The third kappa shape index (κ3) is 5.58. The van der Waals surface area contributed by atoms with E-state index in [0.29, 0.717) is 19.5 Å². The zero-order valence-corrected chi connectivity index (χ0v) is 12.2. The van der Waals surface area contributed by atoms with Crippen molar-refractivity contribution in [2.24, 2.45) is 0 Å². The molecule has 0 aliphatic heterocycles. The van der Waals surface area contributed by atoms with Crippen molar-refractivity contribution in [2.75, 3.05) is 18.4 Å². The first-order valence-corrected chi connectivity index (χ1v) is 7.99. The van der Waals surface area contributed by atoms with Crippen LogP contribution in [0.25, 0.3) is 0 Å². The number of carboxylic acid groups (broad SMARTS) is 1. The van der Waals surface area contributed by atoms with Gasteiger partial charge in [0.05, 0.1) is 4.90 Å². The Labute approximate surface area is 119 Å². The number of aliphatic carboxylic acids is 1. The van der Waals surface area contributed by atoms with E-state index < -0.39 is 16.0 Å². The number of carbonyl (C=O) groups is 1. The van der Waals surface area contributed by atoms with Crippen molar-refractivity contribution in [1.29, 1.82) is 0 Å². The van der Waals surface area contributed by atoms with Gasteiger partial charge in [-0.25, -0.2) is 13.1 Å². The molecule has 0 aromatic heterocycles. The van der Waals surface area contributed by atoms with Crippen LogP contribution in [0.4, 0.5) is 5.69 Å². The first-order chi connectivity index (χ1) is 9.45.